The maximum Gasteiger partial charge on any atom is 0.161 e. The van der Waals surface area contributed by atoms with Gasteiger partial charge in [0.1, 0.15) is 0 Å². The number of phenols is 1. The van der Waals surface area contributed by atoms with Gasteiger partial charge in [0.25, 0.3) is 0 Å². The predicted molar refractivity (Wildman–Crippen MR) is 61.7 cm³/mol. The van der Waals surface area contributed by atoms with Gasteiger partial charge in [-0.3, -0.25) is 0 Å². The minimum absolute atomic E-state index is 0.0819. The van der Waals surface area contributed by atoms with E-state index in [2.05, 4.69) is 0 Å². The van der Waals surface area contributed by atoms with E-state index in [-0.39, 0.29) is 11.2 Å². The van der Waals surface area contributed by atoms with Gasteiger partial charge in [-0.15, -0.1) is 0 Å². The SMILES string of the molecule is COc1cc(Cl)c(C(C)(C)CN)cc1O. The maximum absolute atomic E-state index is 9.65. The van der Waals surface area contributed by atoms with Gasteiger partial charge in [-0.1, -0.05) is 25.4 Å². The molecular formula is C11H16ClNO2. The summed E-state index contributed by atoms with van der Waals surface area (Å²) in [5.74, 6) is 0.454. The number of ether oxygens (including phenoxy) is 1. The standard InChI is InChI=1S/C11H16ClNO2/c1-11(2,6-13)7-4-9(14)10(15-3)5-8(7)12/h4-5,14H,6,13H2,1-3H3. The van der Waals surface area contributed by atoms with E-state index in [1.807, 2.05) is 13.8 Å². The highest BCUT2D eigenvalue weighted by Crippen LogP contribution is 2.37. The van der Waals surface area contributed by atoms with Gasteiger partial charge in [-0.25, -0.2) is 0 Å². The van der Waals surface area contributed by atoms with E-state index in [0.717, 1.165) is 5.56 Å². The van der Waals surface area contributed by atoms with Crippen molar-refractivity contribution >= 4 is 11.6 Å². The zero-order valence-electron chi connectivity index (χ0n) is 9.17. The van der Waals surface area contributed by atoms with Gasteiger partial charge in [-0.2, -0.15) is 0 Å². The fourth-order valence-electron chi connectivity index (χ4n) is 1.34. The fourth-order valence-corrected chi connectivity index (χ4v) is 1.75. The molecule has 0 aromatic heterocycles. The van der Waals surface area contributed by atoms with Crippen LogP contribution < -0.4 is 10.5 Å². The van der Waals surface area contributed by atoms with E-state index in [0.29, 0.717) is 17.3 Å². The van der Waals surface area contributed by atoms with Crippen molar-refractivity contribution in [3.05, 3.63) is 22.7 Å². The molecule has 4 heteroatoms. The van der Waals surface area contributed by atoms with Gasteiger partial charge < -0.3 is 15.6 Å². The van der Waals surface area contributed by atoms with Crippen molar-refractivity contribution in [3.63, 3.8) is 0 Å². The van der Waals surface area contributed by atoms with E-state index in [1.165, 1.54) is 7.11 Å². The van der Waals surface area contributed by atoms with Gasteiger partial charge in [0.2, 0.25) is 0 Å². The Morgan fingerprint density at radius 3 is 2.53 bits per heavy atom. The lowest BCUT2D eigenvalue weighted by molar-refractivity contribution is 0.372. The monoisotopic (exact) mass is 229 g/mol. The Morgan fingerprint density at radius 2 is 2.07 bits per heavy atom. The Morgan fingerprint density at radius 1 is 1.47 bits per heavy atom. The first-order valence-electron chi connectivity index (χ1n) is 4.69. The van der Waals surface area contributed by atoms with Crippen molar-refractivity contribution < 1.29 is 9.84 Å². The zero-order chi connectivity index (χ0) is 11.6. The highest BCUT2D eigenvalue weighted by Gasteiger charge is 2.23. The minimum atomic E-state index is -0.263. The van der Waals surface area contributed by atoms with Crippen LogP contribution >= 0.6 is 11.6 Å². The summed E-state index contributed by atoms with van der Waals surface area (Å²) in [6, 6.07) is 3.21. The second-order valence-electron chi connectivity index (χ2n) is 4.09. The molecule has 0 unspecified atom stereocenters. The number of aromatic hydroxyl groups is 1. The molecular weight excluding hydrogens is 214 g/mol. The molecule has 0 heterocycles. The summed E-state index contributed by atoms with van der Waals surface area (Å²) < 4.78 is 4.96. The lowest BCUT2D eigenvalue weighted by Gasteiger charge is -2.24. The topological polar surface area (TPSA) is 55.5 Å². The molecule has 0 fully saturated rings. The molecule has 1 rings (SSSR count). The first-order chi connectivity index (χ1) is 6.92. The van der Waals surface area contributed by atoms with Crippen LogP contribution in [0.4, 0.5) is 0 Å². The third-order valence-corrected chi connectivity index (χ3v) is 2.82. The normalized spacial score (nSPS) is 11.5. The van der Waals surface area contributed by atoms with Crippen molar-refractivity contribution in [2.75, 3.05) is 13.7 Å². The van der Waals surface area contributed by atoms with Crippen LogP contribution in [0.15, 0.2) is 12.1 Å². The molecule has 0 amide bonds. The fraction of sp³-hybridized carbons (Fsp3) is 0.455. The van der Waals surface area contributed by atoms with Crippen molar-refractivity contribution in [3.8, 4) is 11.5 Å². The van der Waals surface area contributed by atoms with E-state index in [1.54, 1.807) is 12.1 Å². The van der Waals surface area contributed by atoms with E-state index >= 15 is 0 Å². The summed E-state index contributed by atoms with van der Waals surface area (Å²) in [6.45, 7) is 4.40. The second-order valence-corrected chi connectivity index (χ2v) is 4.50. The third kappa shape index (κ3) is 2.36. The van der Waals surface area contributed by atoms with Crippen LogP contribution in [-0.4, -0.2) is 18.8 Å². The van der Waals surface area contributed by atoms with Crippen molar-refractivity contribution in [2.45, 2.75) is 19.3 Å². The highest BCUT2D eigenvalue weighted by molar-refractivity contribution is 6.31. The molecule has 0 saturated carbocycles. The second kappa shape index (κ2) is 4.29. The average molecular weight is 230 g/mol. The summed E-state index contributed by atoms with van der Waals surface area (Å²) in [4.78, 5) is 0. The van der Waals surface area contributed by atoms with Crippen molar-refractivity contribution in [2.24, 2.45) is 5.73 Å². The zero-order valence-corrected chi connectivity index (χ0v) is 9.93. The largest absolute Gasteiger partial charge is 0.504 e. The lowest BCUT2D eigenvalue weighted by Crippen LogP contribution is -2.28. The summed E-state index contributed by atoms with van der Waals surface area (Å²) in [6.07, 6.45) is 0. The highest BCUT2D eigenvalue weighted by atomic mass is 35.5. The molecule has 0 aliphatic heterocycles. The molecule has 0 saturated heterocycles. The number of rotatable bonds is 3. The number of benzene rings is 1. The Labute approximate surface area is 94.8 Å². The number of phenolic OH excluding ortho intramolecular Hbond substituents is 1. The number of halogens is 1. The van der Waals surface area contributed by atoms with Crippen molar-refractivity contribution in [1.82, 2.24) is 0 Å². The van der Waals surface area contributed by atoms with Crippen LogP contribution in [0.5, 0.6) is 11.5 Å². The smallest absolute Gasteiger partial charge is 0.161 e. The van der Waals surface area contributed by atoms with Crippen LogP contribution in [0, 0.1) is 0 Å². The van der Waals surface area contributed by atoms with Crippen LogP contribution in [0.2, 0.25) is 5.02 Å². The van der Waals surface area contributed by atoms with Gasteiger partial charge >= 0.3 is 0 Å². The average Bonchev–Trinajstić information content (AvgIpc) is 2.20. The van der Waals surface area contributed by atoms with E-state index < -0.39 is 0 Å². The van der Waals surface area contributed by atoms with Gasteiger partial charge in [-0.05, 0) is 11.6 Å². The molecule has 3 nitrogen and oxygen atoms in total. The predicted octanol–water partition coefficient (Wildman–Crippen LogP) is 2.29. The first-order valence-corrected chi connectivity index (χ1v) is 5.07. The molecule has 0 bridgehead atoms. The lowest BCUT2D eigenvalue weighted by atomic mass is 9.84. The molecule has 0 atom stereocenters. The van der Waals surface area contributed by atoms with E-state index in [4.69, 9.17) is 22.1 Å². The molecule has 0 spiro atoms. The van der Waals surface area contributed by atoms with Crippen molar-refractivity contribution in [1.29, 1.82) is 0 Å². The molecule has 1 aromatic rings. The molecule has 0 aliphatic carbocycles. The summed E-state index contributed by atoms with van der Waals surface area (Å²) in [7, 11) is 1.49. The number of methoxy groups -OCH3 is 1. The quantitative estimate of drug-likeness (QED) is 0.836. The third-order valence-electron chi connectivity index (χ3n) is 2.51. The number of nitrogens with two attached hydrogens (primary N) is 1. The Balaban J connectivity index is 3.28. The summed E-state index contributed by atoms with van der Waals surface area (Å²) >= 11 is 6.10. The van der Waals surface area contributed by atoms with Gasteiger partial charge in [0.05, 0.1) is 7.11 Å². The molecule has 84 valence electrons. The molecule has 0 radical (unpaired) electrons. The number of hydrogen-bond acceptors (Lipinski definition) is 3. The molecule has 0 aliphatic rings. The van der Waals surface area contributed by atoms with E-state index in [9.17, 15) is 5.11 Å². The Kier molecular flexibility index (Phi) is 3.47. The molecule has 15 heavy (non-hydrogen) atoms. The maximum atomic E-state index is 9.65. The Hall–Kier alpha value is -0.930. The van der Waals surface area contributed by atoms with Crippen LogP contribution in [0.1, 0.15) is 19.4 Å². The van der Waals surface area contributed by atoms with Crippen LogP contribution in [0.3, 0.4) is 0 Å². The van der Waals surface area contributed by atoms with Gasteiger partial charge in [0.15, 0.2) is 11.5 Å². The molecule has 3 N–H and O–H groups in total. The van der Waals surface area contributed by atoms with Crippen LogP contribution in [0.25, 0.3) is 0 Å². The summed E-state index contributed by atoms with van der Waals surface area (Å²) in [5, 5.41) is 10.2. The summed E-state index contributed by atoms with van der Waals surface area (Å²) in [5.41, 5.74) is 6.22. The minimum Gasteiger partial charge on any atom is -0.504 e. The molecule has 1 aromatic carbocycles. The number of hydrogen-bond donors (Lipinski definition) is 2. The Bertz CT molecular complexity index is 364. The first kappa shape index (κ1) is 12.1. The van der Waals surface area contributed by atoms with Crippen LogP contribution in [-0.2, 0) is 5.41 Å². The van der Waals surface area contributed by atoms with Gasteiger partial charge in [0, 0.05) is 23.0 Å².